The standard InChI is InChI=1S/C14H21NO2/c1-5-11-10-7-6-8-12(11)15(9-10)13(16)17-14(2,3)4/h1,10-12H,6-9H2,2-4H3. The Bertz CT molecular complexity index is 350. The van der Waals surface area contributed by atoms with Crippen LogP contribution in [0.2, 0.25) is 0 Å². The molecule has 0 aromatic rings. The number of likely N-dealkylation sites (tertiary alicyclic amines) is 1. The van der Waals surface area contributed by atoms with Gasteiger partial charge in [0.2, 0.25) is 0 Å². The number of amides is 1. The Morgan fingerprint density at radius 3 is 2.65 bits per heavy atom. The monoisotopic (exact) mass is 235 g/mol. The average molecular weight is 235 g/mol. The number of ether oxygens (including phenoxy) is 1. The second-order valence-corrected chi connectivity index (χ2v) is 6.08. The van der Waals surface area contributed by atoms with Crippen LogP contribution in [-0.4, -0.2) is 29.2 Å². The number of rotatable bonds is 0. The lowest BCUT2D eigenvalue weighted by Gasteiger charge is -2.30. The zero-order valence-corrected chi connectivity index (χ0v) is 10.9. The highest BCUT2D eigenvalue weighted by Gasteiger charge is 2.46. The van der Waals surface area contributed by atoms with Gasteiger partial charge in [-0.1, -0.05) is 6.42 Å². The summed E-state index contributed by atoms with van der Waals surface area (Å²) in [6, 6.07) is 0.202. The van der Waals surface area contributed by atoms with Crippen LogP contribution < -0.4 is 0 Å². The smallest absolute Gasteiger partial charge is 0.410 e. The molecule has 2 aliphatic rings. The van der Waals surface area contributed by atoms with E-state index in [1.807, 2.05) is 25.7 Å². The summed E-state index contributed by atoms with van der Waals surface area (Å²) in [5, 5.41) is 0. The van der Waals surface area contributed by atoms with Crippen LogP contribution in [0.25, 0.3) is 0 Å². The third-order valence-electron chi connectivity index (χ3n) is 3.65. The van der Waals surface area contributed by atoms with Crippen LogP contribution >= 0.6 is 0 Å². The molecular weight excluding hydrogens is 214 g/mol. The van der Waals surface area contributed by atoms with Crippen LogP contribution in [0.15, 0.2) is 0 Å². The molecule has 1 saturated heterocycles. The normalized spacial score (nSPS) is 32.1. The summed E-state index contributed by atoms with van der Waals surface area (Å²) >= 11 is 0. The van der Waals surface area contributed by atoms with Crippen LogP contribution in [0.1, 0.15) is 40.0 Å². The number of hydrogen-bond acceptors (Lipinski definition) is 2. The van der Waals surface area contributed by atoms with Crippen molar-refractivity contribution in [2.24, 2.45) is 11.8 Å². The Balaban J connectivity index is 2.08. The van der Waals surface area contributed by atoms with Crippen molar-refractivity contribution >= 4 is 6.09 Å². The van der Waals surface area contributed by atoms with E-state index < -0.39 is 5.60 Å². The summed E-state index contributed by atoms with van der Waals surface area (Å²) in [5.74, 6) is 3.57. The lowest BCUT2D eigenvalue weighted by molar-refractivity contribution is 0.0213. The second kappa shape index (κ2) is 4.25. The Morgan fingerprint density at radius 2 is 2.12 bits per heavy atom. The summed E-state index contributed by atoms with van der Waals surface area (Å²) < 4.78 is 5.44. The first-order valence-electron chi connectivity index (χ1n) is 6.38. The summed E-state index contributed by atoms with van der Waals surface area (Å²) in [4.78, 5) is 14.0. The first-order chi connectivity index (χ1) is 7.92. The minimum absolute atomic E-state index is 0.202. The lowest BCUT2D eigenvalue weighted by atomic mass is 9.80. The second-order valence-electron chi connectivity index (χ2n) is 6.08. The predicted molar refractivity (Wildman–Crippen MR) is 66.4 cm³/mol. The number of nitrogens with zero attached hydrogens (tertiary/aromatic N) is 1. The predicted octanol–water partition coefficient (Wildman–Crippen LogP) is 2.66. The van der Waals surface area contributed by atoms with Gasteiger partial charge in [-0.2, -0.15) is 0 Å². The molecule has 1 aliphatic heterocycles. The number of hydrogen-bond donors (Lipinski definition) is 0. The van der Waals surface area contributed by atoms with Crippen molar-refractivity contribution in [3.05, 3.63) is 0 Å². The van der Waals surface area contributed by atoms with E-state index in [2.05, 4.69) is 5.92 Å². The van der Waals surface area contributed by atoms with E-state index in [1.165, 1.54) is 6.42 Å². The topological polar surface area (TPSA) is 29.5 Å². The van der Waals surface area contributed by atoms with Gasteiger partial charge in [0.15, 0.2) is 0 Å². The molecule has 0 spiro atoms. The van der Waals surface area contributed by atoms with Crippen LogP contribution in [0.5, 0.6) is 0 Å². The van der Waals surface area contributed by atoms with Gasteiger partial charge >= 0.3 is 6.09 Å². The molecule has 1 amide bonds. The molecular formula is C14H21NO2. The Morgan fingerprint density at radius 1 is 1.41 bits per heavy atom. The fraction of sp³-hybridized carbons (Fsp3) is 0.786. The van der Waals surface area contributed by atoms with Gasteiger partial charge in [-0.05, 0) is 39.5 Å². The van der Waals surface area contributed by atoms with Crippen LogP contribution in [0.4, 0.5) is 4.79 Å². The molecule has 2 rings (SSSR count). The van der Waals surface area contributed by atoms with E-state index in [-0.39, 0.29) is 18.1 Å². The molecule has 0 aromatic carbocycles. The van der Waals surface area contributed by atoms with Crippen molar-refractivity contribution in [1.29, 1.82) is 0 Å². The minimum atomic E-state index is -0.431. The minimum Gasteiger partial charge on any atom is -0.444 e. The van der Waals surface area contributed by atoms with Gasteiger partial charge in [-0.25, -0.2) is 4.79 Å². The average Bonchev–Trinajstić information content (AvgIpc) is 2.41. The van der Waals surface area contributed by atoms with Gasteiger partial charge in [0.05, 0.1) is 0 Å². The Hall–Kier alpha value is -1.17. The van der Waals surface area contributed by atoms with Crippen LogP contribution in [-0.2, 0) is 4.74 Å². The maximum absolute atomic E-state index is 12.1. The van der Waals surface area contributed by atoms with Crippen molar-refractivity contribution < 1.29 is 9.53 Å². The van der Waals surface area contributed by atoms with Gasteiger partial charge in [0, 0.05) is 18.5 Å². The van der Waals surface area contributed by atoms with Crippen LogP contribution in [0, 0.1) is 24.2 Å². The molecule has 0 N–H and O–H groups in total. The quantitative estimate of drug-likeness (QED) is 0.604. The third kappa shape index (κ3) is 2.41. The fourth-order valence-corrected chi connectivity index (χ4v) is 2.98. The maximum Gasteiger partial charge on any atom is 0.410 e. The van der Waals surface area contributed by atoms with Crippen molar-refractivity contribution in [1.82, 2.24) is 4.90 Å². The first-order valence-corrected chi connectivity index (χ1v) is 6.38. The number of terminal acetylenes is 1. The summed E-state index contributed by atoms with van der Waals surface area (Å²) in [7, 11) is 0. The number of carbonyl (C=O) groups is 1. The molecule has 3 atom stereocenters. The molecule has 1 saturated carbocycles. The summed E-state index contributed by atoms with van der Waals surface area (Å²) in [6.45, 7) is 6.46. The molecule has 0 aromatic heterocycles. The Labute approximate surface area is 104 Å². The van der Waals surface area contributed by atoms with E-state index in [4.69, 9.17) is 11.2 Å². The van der Waals surface area contributed by atoms with Crippen LogP contribution in [0.3, 0.4) is 0 Å². The van der Waals surface area contributed by atoms with Gasteiger partial charge in [0.25, 0.3) is 0 Å². The maximum atomic E-state index is 12.1. The highest BCUT2D eigenvalue weighted by atomic mass is 16.6. The molecule has 1 heterocycles. The molecule has 3 nitrogen and oxygen atoms in total. The zero-order valence-electron chi connectivity index (χ0n) is 10.9. The lowest BCUT2D eigenvalue weighted by Crippen LogP contribution is -2.41. The van der Waals surface area contributed by atoms with E-state index in [0.29, 0.717) is 5.92 Å². The fourth-order valence-electron chi connectivity index (χ4n) is 2.98. The van der Waals surface area contributed by atoms with Crippen molar-refractivity contribution in [2.75, 3.05) is 6.54 Å². The largest absolute Gasteiger partial charge is 0.444 e. The molecule has 3 unspecified atom stereocenters. The number of carbonyl (C=O) groups excluding carboxylic acids is 1. The molecule has 0 radical (unpaired) electrons. The SMILES string of the molecule is C#CC1C2CCCC1N(C(=O)OC(C)(C)C)C2. The highest BCUT2D eigenvalue weighted by molar-refractivity contribution is 5.69. The highest BCUT2D eigenvalue weighted by Crippen LogP contribution is 2.40. The number of fused-ring (bicyclic) bond motifs is 2. The van der Waals surface area contributed by atoms with E-state index in [0.717, 1.165) is 19.4 Å². The van der Waals surface area contributed by atoms with Gasteiger partial charge in [-0.3, -0.25) is 0 Å². The van der Waals surface area contributed by atoms with Gasteiger partial charge < -0.3 is 9.64 Å². The molecule has 2 bridgehead atoms. The Kier molecular flexibility index (Phi) is 3.07. The summed E-state index contributed by atoms with van der Waals surface area (Å²) in [5.41, 5.74) is -0.431. The zero-order chi connectivity index (χ0) is 12.6. The van der Waals surface area contributed by atoms with Crippen molar-refractivity contribution in [3.8, 4) is 12.3 Å². The summed E-state index contributed by atoms with van der Waals surface area (Å²) in [6.07, 6.45) is 8.72. The molecule has 2 fully saturated rings. The van der Waals surface area contributed by atoms with Gasteiger partial charge in [-0.15, -0.1) is 12.3 Å². The van der Waals surface area contributed by atoms with Crippen molar-refractivity contribution in [3.63, 3.8) is 0 Å². The molecule has 3 heteroatoms. The molecule has 94 valence electrons. The van der Waals surface area contributed by atoms with E-state index >= 15 is 0 Å². The third-order valence-corrected chi connectivity index (χ3v) is 3.65. The first kappa shape index (κ1) is 12.3. The van der Waals surface area contributed by atoms with E-state index in [1.54, 1.807) is 0 Å². The molecule has 1 aliphatic carbocycles. The van der Waals surface area contributed by atoms with Crippen molar-refractivity contribution in [2.45, 2.75) is 51.7 Å². The van der Waals surface area contributed by atoms with E-state index in [9.17, 15) is 4.79 Å². The van der Waals surface area contributed by atoms with Gasteiger partial charge in [0.1, 0.15) is 5.60 Å². The molecule has 17 heavy (non-hydrogen) atoms.